The van der Waals surface area contributed by atoms with Gasteiger partial charge in [0.25, 0.3) is 0 Å². The minimum Gasteiger partial charge on any atom is -0.354 e. The standard InChI is InChI=1S/C33H20N4S/c1-2-10-20(11-3-1)31-35-32(25-16-8-14-23-21-12-4-6-18-27(21)34-29(23)25)37-33(36-31)26-17-9-15-24-22-13-5-7-19-28(22)38-30(24)26/h1-19,34H. The maximum Gasteiger partial charge on any atom is 0.166 e. The number of hydrogen-bond acceptors (Lipinski definition) is 4. The first-order chi connectivity index (χ1) is 18.8. The Hall–Kier alpha value is -4.87. The van der Waals surface area contributed by atoms with Crippen LogP contribution in [0, 0.1) is 0 Å². The van der Waals surface area contributed by atoms with Crippen molar-refractivity contribution >= 4 is 53.3 Å². The van der Waals surface area contributed by atoms with E-state index in [1.165, 1.54) is 25.6 Å². The quantitative estimate of drug-likeness (QED) is 0.261. The Bertz CT molecular complexity index is 2010. The largest absolute Gasteiger partial charge is 0.354 e. The Morgan fingerprint density at radius 1 is 0.474 bits per heavy atom. The lowest BCUT2D eigenvalue weighted by molar-refractivity contribution is 1.08. The van der Waals surface area contributed by atoms with Gasteiger partial charge in [0.05, 0.1) is 5.52 Å². The van der Waals surface area contributed by atoms with Gasteiger partial charge in [-0.1, -0.05) is 91.0 Å². The molecule has 5 aromatic carbocycles. The first kappa shape index (κ1) is 21.2. The van der Waals surface area contributed by atoms with Crippen LogP contribution in [-0.4, -0.2) is 19.9 Å². The van der Waals surface area contributed by atoms with Crippen molar-refractivity contribution in [2.75, 3.05) is 0 Å². The topological polar surface area (TPSA) is 54.5 Å². The minimum absolute atomic E-state index is 0.657. The second-order valence-electron chi connectivity index (χ2n) is 9.35. The second kappa shape index (κ2) is 8.33. The predicted molar refractivity (Wildman–Crippen MR) is 158 cm³/mol. The van der Waals surface area contributed by atoms with E-state index in [1.807, 2.05) is 30.3 Å². The molecular formula is C33H20N4S. The van der Waals surface area contributed by atoms with Crippen LogP contribution in [0.1, 0.15) is 0 Å². The number of rotatable bonds is 3. The summed E-state index contributed by atoms with van der Waals surface area (Å²) in [4.78, 5) is 18.7. The lowest BCUT2D eigenvalue weighted by atomic mass is 10.1. The Morgan fingerprint density at radius 2 is 1.11 bits per heavy atom. The van der Waals surface area contributed by atoms with Crippen LogP contribution in [0.5, 0.6) is 0 Å². The number of aromatic nitrogens is 4. The summed E-state index contributed by atoms with van der Waals surface area (Å²) in [7, 11) is 0. The predicted octanol–water partition coefficient (Wildman–Crippen LogP) is 8.87. The van der Waals surface area contributed by atoms with E-state index in [0.717, 1.165) is 33.1 Å². The molecule has 0 aliphatic rings. The molecule has 8 rings (SSSR count). The molecule has 0 atom stereocenters. The number of para-hydroxylation sites is 2. The molecule has 0 saturated carbocycles. The van der Waals surface area contributed by atoms with E-state index < -0.39 is 0 Å². The van der Waals surface area contributed by atoms with E-state index in [1.54, 1.807) is 11.3 Å². The molecule has 5 heteroatoms. The molecule has 0 radical (unpaired) electrons. The lowest BCUT2D eigenvalue weighted by Crippen LogP contribution is -2.00. The Balaban J connectivity index is 1.43. The zero-order chi connectivity index (χ0) is 25.1. The van der Waals surface area contributed by atoms with Gasteiger partial charge in [0.15, 0.2) is 17.5 Å². The van der Waals surface area contributed by atoms with Crippen LogP contribution < -0.4 is 0 Å². The van der Waals surface area contributed by atoms with Crippen molar-refractivity contribution in [1.29, 1.82) is 0 Å². The summed E-state index contributed by atoms with van der Waals surface area (Å²) in [5.41, 5.74) is 5.08. The van der Waals surface area contributed by atoms with Gasteiger partial charge in [0.2, 0.25) is 0 Å². The van der Waals surface area contributed by atoms with Crippen LogP contribution >= 0.6 is 11.3 Å². The number of hydrogen-bond donors (Lipinski definition) is 1. The first-order valence-corrected chi connectivity index (χ1v) is 13.4. The van der Waals surface area contributed by atoms with Crippen molar-refractivity contribution in [3.05, 3.63) is 115 Å². The van der Waals surface area contributed by atoms with Crippen molar-refractivity contribution < 1.29 is 0 Å². The lowest BCUT2D eigenvalue weighted by Gasteiger charge is -2.10. The Morgan fingerprint density at radius 3 is 1.97 bits per heavy atom. The molecule has 178 valence electrons. The summed E-state index contributed by atoms with van der Waals surface area (Å²) in [6.07, 6.45) is 0. The van der Waals surface area contributed by atoms with Crippen LogP contribution in [0.4, 0.5) is 0 Å². The molecule has 3 heterocycles. The van der Waals surface area contributed by atoms with Crippen molar-refractivity contribution in [2.45, 2.75) is 0 Å². The van der Waals surface area contributed by atoms with Gasteiger partial charge in [-0.2, -0.15) is 0 Å². The monoisotopic (exact) mass is 504 g/mol. The number of nitrogens with zero attached hydrogens (tertiary/aromatic N) is 3. The molecule has 0 spiro atoms. The number of nitrogens with one attached hydrogen (secondary N) is 1. The fourth-order valence-corrected chi connectivity index (χ4v) is 6.53. The third-order valence-corrected chi connectivity index (χ3v) is 8.31. The number of aromatic amines is 1. The Kier molecular flexibility index (Phi) is 4.66. The number of H-pyrrole nitrogens is 1. The summed E-state index contributed by atoms with van der Waals surface area (Å²) in [5, 5.41) is 4.84. The van der Waals surface area contributed by atoms with E-state index >= 15 is 0 Å². The molecule has 0 amide bonds. The number of thiophene rings is 1. The fraction of sp³-hybridized carbons (Fsp3) is 0. The summed E-state index contributed by atoms with van der Waals surface area (Å²) in [6, 6.07) is 39.8. The minimum atomic E-state index is 0.657. The fourth-order valence-electron chi connectivity index (χ4n) is 5.32. The summed E-state index contributed by atoms with van der Waals surface area (Å²) in [5.74, 6) is 2.00. The van der Waals surface area contributed by atoms with Crippen molar-refractivity contribution in [2.24, 2.45) is 0 Å². The highest BCUT2D eigenvalue weighted by atomic mass is 32.1. The van der Waals surface area contributed by atoms with E-state index in [0.29, 0.717) is 17.5 Å². The average Bonchev–Trinajstić information content (AvgIpc) is 3.56. The van der Waals surface area contributed by atoms with Crippen molar-refractivity contribution in [3.8, 4) is 34.2 Å². The van der Waals surface area contributed by atoms with Crippen LogP contribution in [0.25, 0.3) is 76.1 Å². The molecule has 0 fully saturated rings. The summed E-state index contributed by atoms with van der Waals surface area (Å²) >= 11 is 1.79. The smallest absolute Gasteiger partial charge is 0.166 e. The van der Waals surface area contributed by atoms with Gasteiger partial charge in [-0.15, -0.1) is 11.3 Å². The molecule has 0 bridgehead atoms. The highest BCUT2D eigenvalue weighted by Crippen LogP contribution is 2.40. The normalized spacial score (nSPS) is 11.7. The van der Waals surface area contributed by atoms with Gasteiger partial charge in [-0.3, -0.25) is 0 Å². The Labute approximate surface area is 222 Å². The molecular weight excluding hydrogens is 484 g/mol. The number of benzene rings is 5. The van der Waals surface area contributed by atoms with Crippen molar-refractivity contribution in [1.82, 2.24) is 19.9 Å². The van der Waals surface area contributed by atoms with Gasteiger partial charge in [0, 0.05) is 53.2 Å². The average molecular weight is 505 g/mol. The molecule has 4 nitrogen and oxygen atoms in total. The van der Waals surface area contributed by atoms with E-state index in [2.05, 4.69) is 89.9 Å². The molecule has 0 aliphatic heterocycles. The second-order valence-corrected chi connectivity index (χ2v) is 10.4. The van der Waals surface area contributed by atoms with Gasteiger partial charge in [-0.05, 0) is 24.3 Å². The van der Waals surface area contributed by atoms with Crippen molar-refractivity contribution in [3.63, 3.8) is 0 Å². The highest BCUT2D eigenvalue weighted by Gasteiger charge is 2.18. The van der Waals surface area contributed by atoms with Crippen LogP contribution in [0.3, 0.4) is 0 Å². The van der Waals surface area contributed by atoms with Crippen LogP contribution in [-0.2, 0) is 0 Å². The van der Waals surface area contributed by atoms with E-state index in [9.17, 15) is 0 Å². The zero-order valence-corrected chi connectivity index (χ0v) is 21.0. The first-order valence-electron chi connectivity index (χ1n) is 12.6. The third-order valence-electron chi connectivity index (χ3n) is 7.09. The van der Waals surface area contributed by atoms with Crippen LogP contribution in [0.2, 0.25) is 0 Å². The van der Waals surface area contributed by atoms with E-state index in [4.69, 9.17) is 15.0 Å². The molecule has 0 aliphatic carbocycles. The third kappa shape index (κ3) is 3.26. The maximum absolute atomic E-state index is 5.10. The molecule has 38 heavy (non-hydrogen) atoms. The maximum atomic E-state index is 5.10. The molecule has 1 N–H and O–H groups in total. The molecule has 0 saturated heterocycles. The zero-order valence-electron chi connectivity index (χ0n) is 20.2. The molecule has 0 unspecified atom stereocenters. The summed E-state index contributed by atoms with van der Waals surface area (Å²) < 4.78 is 2.45. The van der Waals surface area contributed by atoms with Gasteiger partial charge in [-0.25, -0.2) is 15.0 Å². The summed E-state index contributed by atoms with van der Waals surface area (Å²) in [6.45, 7) is 0. The number of fused-ring (bicyclic) bond motifs is 6. The van der Waals surface area contributed by atoms with Gasteiger partial charge >= 0.3 is 0 Å². The SMILES string of the molecule is c1ccc(-c2nc(-c3cccc4c3[nH]c3ccccc34)nc(-c3cccc4c3sc3ccccc34)n2)cc1. The van der Waals surface area contributed by atoms with Gasteiger partial charge in [0.1, 0.15) is 0 Å². The van der Waals surface area contributed by atoms with Gasteiger partial charge < -0.3 is 4.98 Å². The molecule has 3 aromatic heterocycles. The highest BCUT2D eigenvalue weighted by molar-refractivity contribution is 7.26. The van der Waals surface area contributed by atoms with E-state index in [-0.39, 0.29) is 0 Å². The molecule has 8 aromatic rings. The van der Waals surface area contributed by atoms with Crippen LogP contribution in [0.15, 0.2) is 115 Å².